The van der Waals surface area contributed by atoms with Gasteiger partial charge in [0.15, 0.2) is 6.10 Å². The Morgan fingerprint density at radius 1 is 0.929 bits per heavy atom. The quantitative estimate of drug-likeness (QED) is 0.426. The second-order valence-corrected chi connectivity index (χ2v) is 7.55. The van der Waals surface area contributed by atoms with Crippen LogP contribution in [0, 0.1) is 0 Å². The zero-order valence-corrected chi connectivity index (χ0v) is 16.7. The third kappa shape index (κ3) is 5.83. The molecule has 1 aliphatic rings. The Labute approximate surface area is 168 Å². The number of carbonyl (C=O) groups is 1. The Morgan fingerprint density at radius 2 is 1.57 bits per heavy atom. The predicted molar refractivity (Wildman–Crippen MR) is 111 cm³/mol. The van der Waals surface area contributed by atoms with Gasteiger partial charge in [-0.3, -0.25) is 4.79 Å². The van der Waals surface area contributed by atoms with Crippen molar-refractivity contribution in [1.29, 1.82) is 0 Å². The Kier molecular flexibility index (Phi) is 7.49. The van der Waals surface area contributed by atoms with Gasteiger partial charge in [-0.1, -0.05) is 62.1 Å². The third-order valence-electron chi connectivity index (χ3n) is 5.45. The molecule has 28 heavy (non-hydrogen) atoms. The van der Waals surface area contributed by atoms with Crippen molar-refractivity contribution in [2.75, 3.05) is 7.11 Å². The number of amides is 1. The van der Waals surface area contributed by atoms with Crippen molar-refractivity contribution in [3.63, 3.8) is 0 Å². The number of carbonyl (C=O) groups excluding carboxylic acids is 1. The number of hydrogen-bond acceptors (Lipinski definition) is 3. The fourth-order valence-corrected chi connectivity index (χ4v) is 3.75. The van der Waals surface area contributed by atoms with Gasteiger partial charge in [0.2, 0.25) is 5.91 Å². The lowest BCUT2D eigenvalue weighted by Gasteiger charge is -2.07. The van der Waals surface area contributed by atoms with Crippen LogP contribution in [0.1, 0.15) is 61.3 Å². The van der Waals surface area contributed by atoms with E-state index < -0.39 is 6.10 Å². The van der Waals surface area contributed by atoms with Gasteiger partial charge in [-0.2, -0.15) is 0 Å². The Bertz CT molecular complexity index is 757. The van der Waals surface area contributed by atoms with E-state index in [1.54, 1.807) is 7.11 Å². The Morgan fingerprint density at radius 3 is 2.21 bits per heavy atom. The molecule has 4 heteroatoms. The molecule has 0 spiro atoms. The van der Waals surface area contributed by atoms with Crippen LogP contribution in [0.3, 0.4) is 0 Å². The average molecular weight is 382 g/mol. The zero-order valence-electron chi connectivity index (χ0n) is 16.7. The Balaban J connectivity index is 1.29. The summed E-state index contributed by atoms with van der Waals surface area (Å²) in [4.78, 5) is 11.3. The summed E-state index contributed by atoms with van der Waals surface area (Å²) >= 11 is 0. The number of ether oxygens (including phenoxy) is 2. The molecule has 2 aromatic rings. The van der Waals surface area contributed by atoms with Crippen molar-refractivity contribution < 1.29 is 14.3 Å². The van der Waals surface area contributed by atoms with E-state index in [0.29, 0.717) is 0 Å². The van der Waals surface area contributed by atoms with Crippen molar-refractivity contribution in [3.05, 3.63) is 65.2 Å². The largest absolute Gasteiger partial charge is 0.497 e. The minimum atomic E-state index is -0.438. The van der Waals surface area contributed by atoms with Crippen molar-refractivity contribution in [2.24, 2.45) is 5.73 Å². The van der Waals surface area contributed by atoms with Crippen molar-refractivity contribution >= 4 is 5.91 Å². The predicted octanol–water partition coefficient (Wildman–Crippen LogP) is 4.75. The number of hydrogen-bond donors (Lipinski definition) is 1. The van der Waals surface area contributed by atoms with Crippen LogP contribution in [0.5, 0.6) is 5.75 Å². The highest BCUT2D eigenvalue weighted by atomic mass is 16.6. The molecule has 0 unspecified atom stereocenters. The molecule has 0 aliphatic carbocycles. The van der Waals surface area contributed by atoms with Crippen LogP contribution in [-0.2, 0) is 22.4 Å². The first-order valence-corrected chi connectivity index (χ1v) is 10.3. The first-order valence-electron chi connectivity index (χ1n) is 10.3. The summed E-state index contributed by atoms with van der Waals surface area (Å²) in [5.41, 5.74) is 9.14. The topological polar surface area (TPSA) is 64.8 Å². The fourth-order valence-electron chi connectivity index (χ4n) is 3.75. The van der Waals surface area contributed by atoms with Gasteiger partial charge >= 0.3 is 0 Å². The number of benzene rings is 2. The summed E-state index contributed by atoms with van der Waals surface area (Å²) in [6, 6.07) is 16.6. The number of epoxide rings is 1. The van der Waals surface area contributed by atoms with Crippen molar-refractivity contribution in [1.82, 2.24) is 0 Å². The summed E-state index contributed by atoms with van der Waals surface area (Å²) < 4.78 is 10.6. The highest BCUT2D eigenvalue weighted by molar-refractivity contribution is 5.82. The highest BCUT2D eigenvalue weighted by Crippen LogP contribution is 2.40. The van der Waals surface area contributed by atoms with Crippen LogP contribution in [0.25, 0.3) is 0 Å². The van der Waals surface area contributed by atoms with E-state index in [-0.39, 0.29) is 12.0 Å². The van der Waals surface area contributed by atoms with E-state index in [2.05, 4.69) is 30.3 Å². The molecule has 150 valence electrons. The van der Waals surface area contributed by atoms with Gasteiger partial charge in [-0.15, -0.1) is 0 Å². The van der Waals surface area contributed by atoms with E-state index in [4.69, 9.17) is 15.2 Å². The van der Waals surface area contributed by atoms with Crippen LogP contribution in [0.15, 0.2) is 48.5 Å². The second kappa shape index (κ2) is 10.3. The van der Waals surface area contributed by atoms with Gasteiger partial charge < -0.3 is 15.2 Å². The molecule has 1 amide bonds. The number of aryl methyl sites for hydroxylation is 2. The van der Waals surface area contributed by atoms with Crippen LogP contribution < -0.4 is 10.5 Å². The first-order chi connectivity index (χ1) is 13.7. The lowest BCUT2D eigenvalue weighted by molar-refractivity contribution is -0.119. The maximum atomic E-state index is 11.3. The van der Waals surface area contributed by atoms with Crippen LogP contribution in [0.2, 0.25) is 0 Å². The lowest BCUT2D eigenvalue weighted by atomic mass is 9.97. The van der Waals surface area contributed by atoms with Crippen LogP contribution in [-0.4, -0.2) is 19.1 Å². The molecular weight excluding hydrogens is 350 g/mol. The molecule has 1 heterocycles. The maximum absolute atomic E-state index is 11.3. The number of methoxy groups -OCH3 is 1. The normalized spacial score (nSPS) is 18.0. The van der Waals surface area contributed by atoms with Crippen molar-refractivity contribution in [3.8, 4) is 5.75 Å². The van der Waals surface area contributed by atoms with E-state index in [0.717, 1.165) is 24.2 Å². The smallest absolute Gasteiger partial charge is 0.249 e. The van der Waals surface area contributed by atoms with Gasteiger partial charge in [0.05, 0.1) is 7.11 Å². The molecule has 1 fully saturated rings. The molecule has 1 aliphatic heterocycles. The minimum Gasteiger partial charge on any atom is -0.497 e. The molecule has 2 atom stereocenters. The molecule has 2 aromatic carbocycles. The first kappa shape index (κ1) is 20.4. The monoisotopic (exact) mass is 381 g/mol. The molecule has 0 radical (unpaired) electrons. The van der Waals surface area contributed by atoms with Gasteiger partial charge in [0.1, 0.15) is 11.9 Å². The zero-order chi connectivity index (χ0) is 19.8. The molecule has 1 saturated heterocycles. The number of unbranched alkanes of at least 4 members (excludes halogenated alkanes) is 5. The number of primary amides is 1. The molecule has 0 aromatic heterocycles. The number of nitrogens with two attached hydrogens (primary N) is 1. The summed E-state index contributed by atoms with van der Waals surface area (Å²) in [6.45, 7) is 0. The molecule has 3 rings (SSSR count). The van der Waals surface area contributed by atoms with Crippen LogP contribution in [0.4, 0.5) is 0 Å². The van der Waals surface area contributed by atoms with E-state index in [9.17, 15) is 4.79 Å². The molecule has 0 bridgehead atoms. The fraction of sp³-hybridized carbons (Fsp3) is 0.458. The van der Waals surface area contributed by atoms with E-state index >= 15 is 0 Å². The van der Waals surface area contributed by atoms with Gasteiger partial charge in [0.25, 0.3) is 0 Å². The standard InChI is InChI=1S/C24H31NO3/c1-27-20-16-14-18(15-17-20)10-6-4-2-3-5-7-11-19-12-8-9-13-21(19)22-23(28-22)24(25)26/h8-9,12-17,22-23H,2-7,10-11H2,1H3,(H2,25,26)/t22-,23+/m0/s1. The average Bonchev–Trinajstić information content (AvgIpc) is 3.52. The maximum Gasteiger partial charge on any atom is 0.249 e. The summed E-state index contributed by atoms with van der Waals surface area (Å²) in [7, 11) is 1.70. The van der Waals surface area contributed by atoms with Gasteiger partial charge in [-0.05, 0) is 54.5 Å². The highest BCUT2D eigenvalue weighted by Gasteiger charge is 2.45. The summed E-state index contributed by atoms with van der Waals surface area (Å²) in [5.74, 6) is 0.554. The molecule has 4 nitrogen and oxygen atoms in total. The summed E-state index contributed by atoms with van der Waals surface area (Å²) in [5, 5.41) is 0. The SMILES string of the molecule is COc1ccc(CCCCCCCCc2ccccc2[C@@H]2O[C@H]2C(N)=O)cc1. The van der Waals surface area contributed by atoms with E-state index in [1.807, 2.05) is 18.2 Å². The third-order valence-corrected chi connectivity index (χ3v) is 5.45. The van der Waals surface area contributed by atoms with Gasteiger partial charge in [0, 0.05) is 0 Å². The van der Waals surface area contributed by atoms with Gasteiger partial charge in [-0.25, -0.2) is 0 Å². The molecule has 0 saturated carbocycles. The molecule has 2 N–H and O–H groups in total. The molecular formula is C24H31NO3. The van der Waals surface area contributed by atoms with Crippen molar-refractivity contribution in [2.45, 2.75) is 63.6 Å². The summed E-state index contributed by atoms with van der Waals surface area (Å²) in [6.07, 6.45) is 9.08. The van der Waals surface area contributed by atoms with E-state index in [1.165, 1.54) is 49.7 Å². The van der Waals surface area contributed by atoms with Crippen LogP contribution >= 0.6 is 0 Å². The second-order valence-electron chi connectivity index (χ2n) is 7.55. The Hall–Kier alpha value is -2.33. The lowest BCUT2D eigenvalue weighted by Crippen LogP contribution is -2.18. The number of rotatable bonds is 12. The minimum absolute atomic E-state index is 0.133.